The summed E-state index contributed by atoms with van der Waals surface area (Å²) in [6.45, 7) is 11.3. The average molecular weight is 448 g/mol. The highest BCUT2D eigenvalue weighted by Crippen LogP contribution is 2.37. The topological polar surface area (TPSA) is 12.0 Å². The van der Waals surface area contributed by atoms with Gasteiger partial charge in [0, 0.05) is 7.05 Å². The lowest BCUT2D eigenvalue weighted by Crippen LogP contribution is -2.10. The second-order valence-corrected chi connectivity index (χ2v) is 10.1. The van der Waals surface area contributed by atoms with Crippen LogP contribution in [0.25, 0.3) is 33.2 Å². The maximum absolute atomic E-state index is 3.20. The number of fused-ring (bicyclic) bond motifs is 3. The molecular weight excluding hydrogens is 410 g/mol. The van der Waals surface area contributed by atoms with Crippen molar-refractivity contribution in [3.05, 3.63) is 107 Å². The molecule has 0 aromatic heterocycles. The second-order valence-electron chi connectivity index (χ2n) is 10.1. The van der Waals surface area contributed by atoms with Gasteiger partial charge in [-0.05, 0) is 86.0 Å². The summed E-state index contributed by atoms with van der Waals surface area (Å²) < 4.78 is 0. The molecule has 0 aliphatic heterocycles. The van der Waals surface area contributed by atoms with E-state index in [2.05, 4.69) is 119 Å². The van der Waals surface area contributed by atoms with E-state index < -0.39 is 0 Å². The fourth-order valence-corrected chi connectivity index (χ4v) is 4.93. The molecule has 0 saturated carbocycles. The Bertz CT molecular complexity index is 1380. The first-order valence-corrected chi connectivity index (χ1v) is 12.5. The average Bonchev–Trinajstić information content (AvgIpc) is 2.83. The van der Waals surface area contributed by atoms with Crippen molar-refractivity contribution < 1.29 is 0 Å². The molecule has 34 heavy (non-hydrogen) atoms. The van der Waals surface area contributed by atoms with E-state index in [0.29, 0.717) is 0 Å². The van der Waals surface area contributed by atoms with Crippen molar-refractivity contribution in [2.24, 2.45) is 0 Å². The summed E-state index contributed by atoms with van der Waals surface area (Å²) in [5.41, 5.74) is 8.06. The van der Waals surface area contributed by atoms with E-state index in [1.807, 2.05) is 13.2 Å². The predicted molar refractivity (Wildman–Crippen MR) is 151 cm³/mol. The first-order valence-electron chi connectivity index (χ1n) is 12.5. The summed E-state index contributed by atoms with van der Waals surface area (Å²) in [7, 11) is 1.96. The van der Waals surface area contributed by atoms with Crippen LogP contribution in [-0.4, -0.2) is 7.05 Å². The van der Waals surface area contributed by atoms with Gasteiger partial charge in [-0.25, -0.2) is 0 Å². The molecule has 0 saturated heterocycles. The van der Waals surface area contributed by atoms with E-state index in [0.717, 1.165) is 12.8 Å². The molecule has 0 spiro atoms. The Balaban J connectivity index is 2.01. The molecule has 0 aliphatic rings. The van der Waals surface area contributed by atoms with E-state index in [9.17, 15) is 0 Å². The van der Waals surface area contributed by atoms with Crippen LogP contribution in [-0.2, 0) is 11.8 Å². The Morgan fingerprint density at radius 1 is 0.853 bits per heavy atom. The van der Waals surface area contributed by atoms with Gasteiger partial charge in [-0.3, -0.25) is 0 Å². The number of allylic oxidation sites excluding steroid dienone is 1. The van der Waals surface area contributed by atoms with Gasteiger partial charge in [-0.2, -0.15) is 0 Å². The van der Waals surface area contributed by atoms with Gasteiger partial charge in [0.15, 0.2) is 0 Å². The summed E-state index contributed by atoms with van der Waals surface area (Å²) in [5.74, 6) is 0. The summed E-state index contributed by atoms with van der Waals surface area (Å²) in [6, 6.07) is 25.0. The third kappa shape index (κ3) is 4.53. The Morgan fingerprint density at radius 3 is 2.29 bits per heavy atom. The highest BCUT2D eigenvalue weighted by molar-refractivity contribution is 6.11. The summed E-state index contributed by atoms with van der Waals surface area (Å²) in [5, 5.41) is 8.41. The van der Waals surface area contributed by atoms with Crippen LogP contribution < -0.4 is 5.32 Å². The van der Waals surface area contributed by atoms with Gasteiger partial charge in [0.25, 0.3) is 0 Å². The van der Waals surface area contributed by atoms with E-state index in [4.69, 9.17) is 0 Å². The summed E-state index contributed by atoms with van der Waals surface area (Å²) >= 11 is 0. The SMILES string of the molecule is CC=C(c1ccccc1CCC)c1ccc2c(ccc3ccc(C(C)(C)C)cc32)c1C=CNC. The van der Waals surface area contributed by atoms with Gasteiger partial charge in [0.05, 0.1) is 0 Å². The fourth-order valence-electron chi connectivity index (χ4n) is 4.93. The predicted octanol–water partition coefficient (Wildman–Crippen LogP) is 8.88. The zero-order chi connectivity index (χ0) is 24.3. The number of nitrogens with one attached hydrogen (secondary N) is 1. The van der Waals surface area contributed by atoms with Crippen LogP contribution in [0.1, 0.15) is 68.9 Å². The molecule has 0 radical (unpaired) electrons. The Morgan fingerprint density at radius 2 is 1.59 bits per heavy atom. The van der Waals surface area contributed by atoms with Crippen molar-refractivity contribution in [2.45, 2.75) is 52.9 Å². The Kier molecular flexibility index (Phi) is 6.93. The van der Waals surface area contributed by atoms with Crippen molar-refractivity contribution in [1.82, 2.24) is 5.32 Å². The van der Waals surface area contributed by atoms with Gasteiger partial charge in [-0.1, -0.05) is 107 Å². The Labute approximate surface area is 205 Å². The summed E-state index contributed by atoms with van der Waals surface area (Å²) in [6.07, 6.45) is 8.76. The molecule has 0 bridgehead atoms. The number of benzene rings is 4. The van der Waals surface area contributed by atoms with Gasteiger partial charge in [-0.15, -0.1) is 0 Å². The maximum Gasteiger partial charge on any atom is 0.00277 e. The molecule has 0 fully saturated rings. The minimum absolute atomic E-state index is 0.117. The van der Waals surface area contributed by atoms with Crippen LogP contribution in [0, 0.1) is 0 Å². The van der Waals surface area contributed by atoms with Crippen LogP contribution >= 0.6 is 0 Å². The summed E-state index contributed by atoms with van der Waals surface area (Å²) in [4.78, 5) is 0. The van der Waals surface area contributed by atoms with Crippen LogP contribution in [0.15, 0.2) is 79.0 Å². The van der Waals surface area contributed by atoms with Crippen LogP contribution in [0.2, 0.25) is 0 Å². The minimum atomic E-state index is 0.117. The largest absolute Gasteiger partial charge is 0.394 e. The van der Waals surface area contributed by atoms with Crippen molar-refractivity contribution in [2.75, 3.05) is 7.05 Å². The lowest BCUT2D eigenvalue weighted by molar-refractivity contribution is 0.591. The number of hydrogen-bond donors (Lipinski definition) is 1. The van der Waals surface area contributed by atoms with Gasteiger partial charge >= 0.3 is 0 Å². The second kappa shape index (κ2) is 9.89. The minimum Gasteiger partial charge on any atom is -0.394 e. The highest BCUT2D eigenvalue weighted by atomic mass is 14.8. The van der Waals surface area contributed by atoms with Crippen LogP contribution in [0.3, 0.4) is 0 Å². The number of hydrogen-bond acceptors (Lipinski definition) is 1. The van der Waals surface area contributed by atoms with Crippen molar-refractivity contribution in [1.29, 1.82) is 0 Å². The number of aryl methyl sites for hydroxylation is 1. The molecule has 0 amide bonds. The lowest BCUT2D eigenvalue weighted by Gasteiger charge is -2.21. The zero-order valence-corrected chi connectivity index (χ0v) is 21.5. The van der Waals surface area contributed by atoms with E-state index in [1.165, 1.54) is 54.9 Å². The molecule has 0 aliphatic carbocycles. The van der Waals surface area contributed by atoms with Crippen molar-refractivity contribution in [3.8, 4) is 0 Å². The quantitative estimate of drug-likeness (QED) is 0.291. The van der Waals surface area contributed by atoms with E-state index >= 15 is 0 Å². The monoisotopic (exact) mass is 447 g/mol. The van der Waals surface area contributed by atoms with Gasteiger partial charge < -0.3 is 5.32 Å². The first-order chi connectivity index (χ1) is 16.4. The molecule has 0 atom stereocenters. The molecule has 4 aromatic rings. The van der Waals surface area contributed by atoms with E-state index in [1.54, 1.807) is 0 Å². The Hall–Kier alpha value is -3.32. The first kappa shape index (κ1) is 23.8. The molecule has 4 aromatic carbocycles. The molecule has 0 heterocycles. The van der Waals surface area contributed by atoms with Crippen molar-refractivity contribution in [3.63, 3.8) is 0 Å². The normalized spacial score (nSPS) is 12.7. The highest BCUT2D eigenvalue weighted by Gasteiger charge is 2.17. The maximum atomic E-state index is 3.20. The third-order valence-electron chi connectivity index (χ3n) is 6.75. The van der Waals surface area contributed by atoms with Gasteiger partial charge in [0.2, 0.25) is 0 Å². The molecule has 174 valence electrons. The van der Waals surface area contributed by atoms with Crippen LogP contribution in [0.4, 0.5) is 0 Å². The fraction of sp³-hybridized carbons (Fsp3) is 0.273. The molecule has 1 N–H and O–H groups in total. The molecular formula is C33H37N. The van der Waals surface area contributed by atoms with Crippen LogP contribution in [0.5, 0.6) is 0 Å². The zero-order valence-electron chi connectivity index (χ0n) is 21.5. The van der Waals surface area contributed by atoms with E-state index in [-0.39, 0.29) is 5.41 Å². The molecule has 1 heteroatoms. The standard InChI is InChI=1S/C33H37N/c1-7-11-23-12-9-10-13-27(23)26(8-2)28-18-19-30-29(31(28)20-21-34-6)17-15-24-14-16-25(22-32(24)30)33(3,4)5/h8-10,12-22,34H,7,11H2,1-6H3. The molecule has 4 rings (SSSR count). The third-order valence-corrected chi connectivity index (χ3v) is 6.75. The van der Waals surface area contributed by atoms with Gasteiger partial charge in [0.1, 0.15) is 0 Å². The lowest BCUT2D eigenvalue weighted by atomic mass is 9.84. The molecule has 1 nitrogen and oxygen atoms in total. The molecule has 0 unspecified atom stereocenters. The smallest absolute Gasteiger partial charge is 0.00277 e. The van der Waals surface area contributed by atoms with Crippen molar-refractivity contribution >= 4 is 33.2 Å². The number of rotatable bonds is 6.